The van der Waals surface area contributed by atoms with E-state index in [1.54, 1.807) is 6.21 Å². The fourth-order valence-corrected chi connectivity index (χ4v) is 0.726. The summed E-state index contributed by atoms with van der Waals surface area (Å²) in [5.74, 6) is 0.303. The molecule has 0 saturated heterocycles. The van der Waals surface area contributed by atoms with Gasteiger partial charge < -0.3 is 0 Å². The SMILES string of the molecule is CC(C)(C)C=NNC(=O)C1CC1. The van der Waals surface area contributed by atoms with E-state index in [-0.39, 0.29) is 17.2 Å². The van der Waals surface area contributed by atoms with Crippen LogP contribution in [0.25, 0.3) is 0 Å². The molecule has 1 N–H and O–H groups in total. The highest BCUT2D eigenvalue weighted by Gasteiger charge is 2.29. The minimum absolute atomic E-state index is 0.0385. The van der Waals surface area contributed by atoms with Gasteiger partial charge >= 0.3 is 0 Å². The Labute approximate surface area is 73.2 Å². The van der Waals surface area contributed by atoms with Crippen molar-refractivity contribution in [3.05, 3.63) is 0 Å². The molecule has 0 heterocycles. The van der Waals surface area contributed by atoms with Crippen molar-refractivity contribution in [3.8, 4) is 0 Å². The molecule has 1 saturated carbocycles. The van der Waals surface area contributed by atoms with Crippen molar-refractivity contribution in [2.24, 2.45) is 16.4 Å². The van der Waals surface area contributed by atoms with Crippen LogP contribution in [0.3, 0.4) is 0 Å². The molecule has 12 heavy (non-hydrogen) atoms. The zero-order valence-electron chi connectivity index (χ0n) is 7.92. The lowest BCUT2D eigenvalue weighted by Gasteiger charge is -2.09. The molecule has 3 nitrogen and oxygen atoms in total. The van der Waals surface area contributed by atoms with Gasteiger partial charge in [-0.1, -0.05) is 20.8 Å². The molecular weight excluding hydrogens is 152 g/mol. The Hall–Kier alpha value is -0.860. The van der Waals surface area contributed by atoms with Crippen molar-refractivity contribution in [1.82, 2.24) is 5.43 Å². The fourth-order valence-electron chi connectivity index (χ4n) is 0.726. The largest absolute Gasteiger partial charge is 0.273 e. The van der Waals surface area contributed by atoms with Gasteiger partial charge in [0.25, 0.3) is 0 Å². The van der Waals surface area contributed by atoms with Gasteiger partial charge in [0.1, 0.15) is 0 Å². The molecule has 0 spiro atoms. The zero-order valence-corrected chi connectivity index (χ0v) is 7.92. The summed E-state index contributed by atoms with van der Waals surface area (Å²) in [6.07, 6.45) is 3.81. The van der Waals surface area contributed by atoms with E-state index in [4.69, 9.17) is 0 Å². The number of carbonyl (C=O) groups is 1. The molecule has 0 aliphatic heterocycles. The van der Waals surface area contributed by atoms with Crippen molar-refractivity contribution in [1.29, 1.82) is 0 Å². The summed E-state index contributed by atoms with van der Waals surface area (Å²) in [6.45, 7) is 6.12. The summed E-state index contributed by atoms with van der Waals surface area (Å²) in [4.78, 5) is 11.1. The van der Waals surface area contributed by atoms with E-state index >= 15 is 0 Å². The Balaban J connectivity index is 2.24. The first-order valence-corrected chi connectivity index (χ1v) is 4.33. The molecule has 0 unspecified atom stereocenters. The van der Waals surface area contributed by atoms with E-state index in [0.717, 1.165) is 12.8 Å². The molecule has 68 valence electrons. The van der Waals surface area contributed by atoms with E-state index in [2.05, 4.69) is 10.5 Å². The van der Waals surface area contributed by atoms with Crippen molar-refractivity contribution < 1.29 is 4.79 Å². The van der Waals surface area contributed by atoms with Crippen LogP contribution < -0.4 is 5.43 Å². The summed E-state index contributed by atoms with van der Waals surface area (Å²) in [5.41, 5.74) is 2.57. The van der Waals surface area contributed by atoms with Gasteiger partial charge in [0.2, 0.25) is 5.91 Å². The molecular formula is C9H16N2O. The monoisotopic (exact) mass is 168 g/mol. The number of nitrogens with zero attached hydrogens (tertiary/aromatic N) is 1. The first-order valence-electron chi connectivity index (χ1n) is 4.33. The number of carbonyl (C=O) groups excluding carboxylic acids is 1. The average Bonchev–Trinajstić information content (AvgIpc) is 2.64. The minimum atomic E-state index is 0.0385. The molecule has 3 heteroatoms. The van der Waals surface area contributed by atoms with Gasteiger partial charge in [-0.2, -0.15) is 5.10 Å². The van der Waals surface area contributed by atoms with Crippen LogP contribution in [0.2, 0.25) is 0 Å². The Morgan fingerprint density at radius 1 is 1.50 bits per heavy atom. The maximum absolute atomic E-state index is 11.1. The van der Waals surface area contributed by atoms with E-state index < -0.39 is 0 Å². The van der Waals surface area contributed by atoms with Crippen LogP contribution in [-0.2, 0) is 4.79 Å². The van der Waals surface area contributed by atoms with Crippen LogP contribution in [0, 0.1) is 11.3 Å². The van der Waals surface area contributed by atoms with Gasteiger partial charge in [-0.05, 0) is 18.3 Å². The van der Waals surface area contributed by atoms with Crippen molar-refractivity contribution in [2.75, 3.05) is 0 Å². The minimum Gasteiger partial charge on any atom is -0.273 e. The first-order chi connectivity index (χ1) is 5.49. The smallest absolute Gasteiger partial charge is 0.243 e. The highest BCUT2D eigenvalue weighted by molar-refractivity contribution is 5.81. The van der Waals surface area contributed by atoms with Crippen molar-refractivity contribution in [3.63, 3.8) is 0 Å². The highest BCUT2D eigenvalue weighted by Crippen LogP contribution is 2.28. The van der Waals surface area contributed by atoms with E-state index in [9.17, 15) is 4.79 Å². The van der Waals surface area contributed by atoms with Crippen LogP contribution in [0.4, 0.5) is 0 Å². The fraction of sp³-hybridized carbons (Fsp3) is 0.778. The zero-order chi connectivity index (χ0) is 9.19. The van der Waals surface area contributed by atoms with Gasteiger partial charge in [-0.25, -0.2) is 5.43 Å². The molecule has 0 aromatic rings. The van der Waals surface area contributed by atoms with Crippen LogP contribution >= 0.6 is 0 Å². The molecule has 0 aromatic heterocycles. The Kier molecular flexibility index (Phi) is 2.50. The molecule has 0 atom stereocenters. The molecule has 1 rings (SSSR count). The van der Waals surface area contributed by atoms with Gasteiger partial charge in [0.15, 0.2) is 0 Å². The van der Waals surface area contributed by atoms with E-state index in [0.29, 0.717) is 0 Å². The third-order valence-corrected chi connectivity index (χ3v) is 1.57. The van der Waals surface area contributed by atoms with Gasteiger partial charge in [-0.3, -0.25) is 4.79 Å². The number of nitrogens with one attached hydrogen (secondary N) is 1. The number of amides is 1. The summed E-state index contributed by atoms with van der Waals surface area (Å²) in [7, 11) is 0. The highest BCUT2D eigenvalue weighted by atomic mass is 16.2. The molecule has 0 bridgehead atoms. The first kappa shape index (κ1) is 9.23. The lowest BCUT2D eigenvalue weighted by atomic mass is 9.99. The third-order valence-electron chi connectivity index (χ3n) is 1.57. The lowest BCUT2D eigenvalue weighted by Crippen LogP contribution is -2.20. The van der Waals surface area contributed by atoms with E-state index in [1.807, 2.05) is 20.8 Å². The predicted octanol–water partition coefficient (Wildman–Crippen LogP) is 1.54. The van der Waals surface area contributed by atoms with Crippen molar-refractivity contribution in [2.45, 2.75) is 33.6 Å². The Morgan fingerprint density at radius 2 is 2.08 bits per heavy atom. The average molecular weight is 168 g/mol. The molecule has 0 aromatic carbocycles. The maximum Gasteiger partial charge on any atom is 0.243 e. The quantitative estimate of drug-likeness (QED) is 0.493. The number of rotatable bonds is 2. The standard InChI is InChI=1S/C9H16N2O/c1-9(2,3)6-10-11-8(12)7-4-5-7/h6-7H,4-5H2,1-3H3,(H,11,12). The number of hydrogen-bond acceptors (Lipinski definition) is 2. The molecule has 1 fully saturated rings. The second-order valence-corrected chi connectivity index (χ2v) is 4.37. The Bertz CT molecular complexity index is 199. The van der Waals surface area contributed by atoms with Crippen LogP contribution in [-0.4, -0.2) is 12.1 Å². The normalized spacial score (nSPS) is 18.2. The van der Waals surface area contributed by atoms with Gasteiger partial charge in [0, 0.05) is 12.1 Å². The molecule has 0 radical (unpaired) electrons. The topological polar surface area (TPSA) is 41.5 Å². The molecule has 1 amide bonds. The van der Waals surface area contributed by atoms with Crippen LogP contribution in [0.1, 0.15) is 33.6 Å². The number of hydrazone groups is 1. The van der Waals surface area contributed by atoms with E-state index in [1.165, 1.54) is 0 Å². The summed E-state index contributed by atoms with van der Waals surface area (Å²) in [5, 5.41) is 3.88. The molecule has 1 aliphatic carbocycles. The van der Waals surface area contributed by atoms with Crippen LogP contribution in [0.5, 0.6) is 0 Å². The second kappa shape index (κ2) is 3.25. The molecule has 1 aliphatic rings. The second-order valence-electron chi connectivity index (χ2n) is 4.37. The number of hydrogen-bond donors (Lipinski definition) is 1. The predicted molar refractivity (Wildman–Crippen MR) is 48.8 cm³/mol. The maximum atomic E-state index is 11.1. The van der Waals surface area contributed by atoms with Gasteiger partial charge in [0.05, 0.1) is 0 Å². The third kappa shape index (κ3) is 3.51. The summed E-state index contributed by atoms with van der Waals surface area (Å²) < 4.78 is 0. The summed E-state index contributed by atoms with van der Waals surface area (Å²) >= 11 is 0. The Morgan fingerprint density at radius 3 is 2.50 bits per heavy atom. The van der Waals surface area contributed by atoms with Crippen LogP contribution in [0.15, 0.2) is 5.10 Å². The lowest BCUT2D eigenvalue weighted by molar-refractivity contribution is -0.122. The van der Waals surface area contributed by atoms with Gasteiger partial charge in [-0.15, -0.1) is 0 Å². The van der Waals surface area contributed by atoms with Crippen molar-refractivity contribution >= 4 is 12.1 Å². The summed E-state index contributed by atoms with van der Waals surface area (Å²) in [6, 6.07) is 0.